The van der Waals surface area contributed by atoms with Crippen LogP contribution in [-0.2, 0) is 7.05 Å². The van der Waals surface area contributed by atoms with E-state index in [1.54, 1.807) is 7.05 Å². The smallest absolute Gasteiger partial charge is 0.408 e. The fraction of sp³-hybridized carbons (Fsp3) is 0.462. The van der Waals surface area contributed by atoms with E-state index in [4.69, 9.17) is 10.2 Å². The van der Waals surface area contributed by atoms with Gasteiger partial charge < -0.3 is 15.1 Å². The van der Waals surface area contributed by atoms with Crippen molar-refractivity contribution in [1.82, 2.24) is 4.57 Å². The third-order valence-electron chi connectivity index (χ3n) is 3.66. The van der Waals surface area contributed by atoms with Crippen LogP contribution in [0.4, 0.5) is 5.69 Å². The van der Waals surface area contributed by atoms with E-state index in [0.717, 1.165) is 30.6 Å². The molecule has 3 rings (SSSR count). The van der Waals surface area contributed by atoms with Gasteiger partial charge >= 0.3 is 5.76 Å². The van der Waals surface area contributed by atoms with Gasteiger partial charge in [-0.2, -0.15) is 0 Å². The molecule has 1 aromatic heterocycles. The lowest BCUT2D eigenvalue weighted by molar-refractivity contribution is 0.528. The largest absolute Gasteiger partial charge is 0.419 e. The Morgan fingerprint density at radius 2 is 2.22 bits per heavy atom. The van der Waals surface area contributed by atoms with Crippen LogP contribution in [0, 0.1) is 0 Å². The normalized spacial score (nSPS) is 17.1. The molecule has 0 saturated heterocycles. The molecule has 0 atom stereocenters. The molecule has 96 valence electrons. The third-order valence-corrected chi connectivity index (χ3v) is 3.66. The first-order chi connectivity index (χ1) is 8.48. The number of hydrogen-bond donors (Lipinski definition) is 1. The minimum absolute atomic E-state index is 0.0218. The Labute approximate surface area is 105 Å². The van der Waals surface area contributed by atoms with Crippen LogP contribution < -0.4 is 16.4 Å². The number of likely N-dealkylation sites (N-methyl/N-ethyl adjacent to an activating group) is 1. The van der Waals surface area contributed by atoms with E-state index in [0.29, 0.717) is 5.58 Å². The zero-order valence-corrected chi connectivity index (χ0v) is 10.6. The van der Waals surface area contributed by atoms with Crippen molar-refractivity contribution in [2.24, 2.45) is 12.8 Å². The van der Waals surface area contributed by atoms with Gasteiger partial charge in [0.05, 0.1) is 5.52 Å². The Kier molecular flexibility index (Phi) is 2.28. The molecule has 1 aliphatic rings. The Bertz CT molecular complexity index is 652. The van der Waals surface area contributed by atoms with Gasteiger partial charge in [0.25, 0.3) is 0 Å². The van der Waals surface area contributed by atoms with E-state index in [-0.39, 0.29) is 11.3 Å². The van der Waals surface area contributed by atoms with Gasteiger partial charge in [-0.25, -0.2) is 4.79 Å². The highest BCUT2D eigenvalue weighted by Crippen LogP contribution is 2.34. The molecule has 5 heteroatoms. The zero-order chi connectivity index (χ0) is 12.9. The van der Waals surface area contributed by atoms with Crippen molar-refractivity contribution in [2.45, 2.75) is 18.4 Å². The second-order valence-corrected chi connectivity index (χ2v) is 5.30. The van der Waals surface area contributed by atoms with Gasteiger partial charge in [0.2, 0.25) is 0 Å². The van der Waals surface area contributed by atoms with Crippen molar-refractivity contribution in [2.75, 3.05) is 18.5 Å². The number of anilines is 1. The van der Waals surface area contributed by atoms with Crippen molar-refractivity contribution in [3.8, 4) is 0 Å². The van der Waals surface area contributed by atoms with Gasteiger partial charge in [-0.05, 0) is 31.0 Å². The van der Waals surface area contributed by atoms with Crippen LogP contribution in [0.3, 0.4) is 0 Å². The van der Waals surface area contributed by atoms with Gasteiger partial charge in [-0.15, -0.1) is 0 Å². The maximum absolute atomic E-state index is 11.4. The lowest BCUT2D eigenvalue weighted by Gasteiger charge is -2.23. The molecule has 1 aliphatic carbocycles. The SMILES string of the molecule is CN(CC1(N)CC1)c1ccc2oc(=O)n(C)c2c1. The van der Waals surface area contributed by atoms with Gasteiger partial charge in [-0.1, -0.05) is 0 Å². The average molecular weight is 247 g/mol. The Hall–Kier alpha value is -1.75. The molecule has 0 aliphatic heterocycles. The highest BCUT2D eigenvalue weighted by molar-refractivity contribution is 5.77. The molecule has 0 amide bonds. The van der Waals surface area contributed by atoms with E-state index in [9.17, 15) is 4.79 Å². The standard InChI is InChI=1S/C13H17N3O2/c1-15(8-13(14)5-6-13)9-3-4-11-10(7-9)16(2)12(17)18-11/h3-4,7H,5-6,8,14H2,1-2H3. The van der Waals surface area contributed by atoms with Crippen molar-refractivity contribution in [1.29, 1.82) is 0 Å². The summed E-state index contributed by atoms with van der Waals surface area (Å²) in [7, 11) is 3.73. The number of rotatable bonds is 3. The molecule has 0 unspecified atom stereocenters. The molecule has 2 aromatic rings. The van der Waals surface area contributed by atoms with E-state index in [1.807, 2.05) is 25.2 Å². The maximum Gasteiger partial charge on any atom is 0.419 e. The second-order valence-electron chi connectivity index (χ2n) is 5.30. The summed E-state index contributed by atoms with van der Waals surface area (Å²) in [4.78, 5) is 13.5. The fourth-order valence-electron chi connectivity index (χ4n) is 2.23. The molecular weight excluding hydrogens is 230 g/mol. The Morgan fingerprint density at radius 3 is 2.89 bits per heavy atom. The van der Waals surface area contributed by atoms with Crippen LogP contribution in [0.25, 0.3) is 11.1 Å². The minimum atomic E-state index is -0.331. The van der Waals surface area contributed by atoms with Gasteiger partial charge in [0.1, 0.15) is 0 Å². The second kappa shape index (κ2) is 3.62. The third kappa shape index (κ3) is 1.80. The van der Waals surface area contributed by atoms with Crippen molar-refractivity contribution < 1.29 is 4.42 Å². The summed E-state index contributed by atoms with van der Waals surface area (Å²) in [6.45, 7) is 0.838. The van der Waals surface area contributed by atoms with Crippen molar-refractivity contribution in [3.05, 3.63) is 28.7 Å². The summed E-state index contributed by atoms with van der Waals surface area (Å²) >= 11 is 0. The Morgan fingerprint density at radius 1 is 1.50 bits per heavy atom. The van der Waals surface area contributed by atoms with Gasteiger partial charge in [0, 0.05) is 31.9 Å². The van der Waals surface area contributed by atoms with Crippen LogP contribution in [0.5, 0.6) is 0 Å². The summed E-state index contributed by atoms with van der Waals surface area (Å²) in [5.74, 6) is -0.331. The molecule has 1 aromatic carbocycles. The predicted molar refractivity (Wildman–Crippen MR) is 70.9 cm³/mol. The molecule has 2 N–H and O–H groups in total. The molecule has 5 nitrogen and oxygen atoms in total. The summed E-state index contributed by atoms with van der Waals surface area (Å²) in [6.07, 6.45) is 2.17. The molecular formula is C13H17N3O2. The molecule has 1 fully saturated rings. The topological polar surface area (TPSA) is 64.4 Å². The lowest BCUT2D eigenvalue weighted by Crippen LogP contribution is -2.37. The maximum atomic E-state index is 11.4. The van der Waals surface area contributed by atoms with Crippen molar-refractivity contribution >= 4 is 16.8 Å². The first kappa shape index (κ1) is 11.3. The van der Waals surface area contributed by atoms with E-state index in [2.05, 4.69) is 4.90 Å². The predicted octanol–water partition coefficient (Wildman–Crippen LogP) is 1.06. The number of aromatic nitrogens is 1. The zero-order valence-electron chi connectivity index (χ0n) is 10.6. The summed E-state index contributed by atoms with van der Waals surface area (Å²) in [5.41, 5.74) is 8.58. The molecule has 0 spiro atoms. The Balaban J connectivity index is 1.96. The number of fused-ring (bicyclic) bond motifs is 1. The van der Waals surface area contributed by atoms with E-state index < -0.39 is 0 Å². The first-order valence-corrected chi connectivity index (χ1v) is 6.08. The monoisotopic (exact) mass is 247 g/mol. The van der Waals surface area contributed by atoms with Crippen LogP contribution in [0.1, 0.15) is 12.8 Å². The number of aryl methyl sites for hydroxylation is 1. The quantitative estimate of drug-likeness (QED) is 0.880. The molecule has 0 bridgehead atoms. The molecule has 1 heterocycles. The lowest BCUT2D eigenvalue weighted by atomic mass is 10.2. The number of nitrogens with zero attached hydrogens (tertiary/aromatic N) is 2. The fourth-order valence-corrected chi connectivity index (χ4v) is 2.23. The minimum Gasteiger partial charge on any atom is -0.408 e. The average Bonchev–Trinajstić information content (AvgIpc) is 2.98. The van der Waals surface area contributed by atoms with Crippen LogP contribution in [0.15, 0.2) is 27.4 Å². The summed E-state index contributed by atoms with van der Waals surface area (Å²) in [5, 5.41) is 0. The van der Waals surface area contributed by atoms with E-state index >= 15 is 0 Å². The molecule has 18 heavy (non-hydrogen) atoms. The highest BCUT2D eigenvalue weighted by Gasteiger charge is 2.39. The van der Waals surface area contributed by atoms with Crippen LogP contribution in [0.2, 0.25) is 0 Å². The van der Waals surface area contributed by atoms with Crippen LogP contribution in [-0.4, -0.2) is 23.7 Å². The summed E-state index contributed by atoms with van der Waals surface area (Å²) < 4.78 is 6.63. The number of oxazole rings is 1. The first-order valence-electron chi connectivity index (χ1n) is 6.08. The van der Waals surface area contributed by atoms with E-state index in [1.165, 1.54) is 4.57 Å². The highest BCUT2D eigenvalue weighted by atomic mass is 16.4. The molecule has 1 saturated carbocycles. The van der Waals surface area contributed by atoms with Gasteiger partial charge in [0.15, 0.2) is 5.58 Å². The number of hydrogen-bond acceptors (Lipinski definition) is 4. The summed E-state index contributed by atoms with van der Waals surface area (Å²) in [6, 6.07) is 5.75. The number of nitrogens with two attached hydrogens (primary N) is 1. The van der Waals surface area contributed by atoms with Gasteiger partial charge in [-0.3, -0.25) is 4.57 Å². The van der Waals surface area contributed by atoms with Crippen molar-refractivity contribution in [3.63, 3.8) is 0 Å². The molecule has 0 radical (unpaired) electrons. The number of benzene rings is 1. The van der Waals surface area contributed by atoms with Crippen LogP contribution >= 0.6 is 0 Å².